The average molecular weight is 721 g/mol. The van der Waals surface area contributed by atoms with Gasteiger partial charge in [-0.25, -0.2) is 4.79 Å². The molecule has 3 aromatic rings. The predicted octanol–water partition coefficient (Wildman–Crippen LogP) is 3.77. The van der Waals surface area contributed by atoms with Gasteiger partial charge in [0.1, 0.15) is 29.5 Å². The average Bonchev–Trinajstić information content (AvgIpc) is 3.64. The minimum atomic E-state index is -1.26. The number of hydrogen-bond donors (Lipinski definition) is 3. The fourth-order valence-corrected chi connectivity index (χ4v) is 9.25. The van der Waals surface area contributed by atoms with E-state index in [1.165, 1.54) is 36.4 Å². The molecule has 4 saturated heterocycles. The zero-order valence-electron chi connectivity index (χ0n) is 27.8. The minimum absolute atomic E-state index is 0.163. The molecule has 7 heterocycles. The smallest absolute Gasteiger partial charge is 0.352 e. The lowest BCUT2D eigenvalue weighted by Gasteiger charge is -2.50. The van der Waals surface area contributed by atoms with Crippen LogP contribution in [0.4, 0.5) is 0 Å². The number of carboxylic acid groups (broad SMARTS) is 1. The third-order valence-electron chi connectivity index (χ3n) is 9.75. The van der Waals surface area contributed by atoms with Crippen molar-refractivity contribution in [3.8, 4) is 5.75 Å². The van der Waals surface area contributed by atoms with Crippen LogP contribution in [0, 0.1) is 11.8 Å². The zero-order valence-corrected chi connectivity index (χ0v) is 29.5. The second-order valence-corrected chi connectivity index (χ2v) is 14.9. The van der Waals surface area contributed by atoms with Crippen LogP contribution in [0.25, 0.3) is 10.9 Å². The number of nitrogens with zero attached hydrogens (tertiary/aromatic N) is 3. The van der Waals surface area contributed by atoms with E-state index in [4.69, 9.17) is 9.47 Å². The number of carbonyl (C=O) groups excluding carboxylic acids is 3. The monoisotopic (exact) mass is 720 g/mol. The van der Waals surface area contributed by atoms with Crippen molar-refractivity contribution in [1.82, 2.24) is 20.1 Å². The van der Waals surface area contributed by atoms with Crippen LogP contribution in [-0.2, 0) is 30.3 Å². The van der Waals surface area contributed by atoms with Crippen LogP contribution in [-0.4, -0.2) is 98.8 Å². The maximum absolute atomic E-state index is 12.4. The number of esters is 1. The van der Waals surface area contributed by atoms with Gasteiger partial charge in [-0.05, 0) is 72.5 Å². The topological polar surface area (TPSA) is 159 Å². The standard InChI is InChI=1S/C20H24N2O2.C16H16N2O6S2/c1-3-13-12-22-9-7-14(13)10-19(22)20(23)16-6-8-21-18-5-4-15(24-2)11-17(16)18;1-8(19)24-6-9-7-26-15-12(14(21)18(15)13(9)16(22)23)17-11(20)5-10-3-2-4-25-10/h3-6,8,11,13-14,19-20,23H,1,7,9-10,12H2,2H3;2-4,12,15H,5-7H2,1H3,(H,17,20)(H,22,23)/t13-,14-,19-,20+;12-,15-/m01/s1. The van der Waals surface area contributed by atoms with Crippen molar-refractivity contribution >= 4 is 57.8 Å². The number of amides is 2. The SMILES string of the molecule is C=C[C@H]1C[N@]2CC[C@H]1C[C@H]2[C@H](O)c1ccnc2ccc(OC)cc12.CC(=O)OCC1=C(C(=O)O)N2C(=O)[C@@H](NC(=O)Cc3cccs3)[C@H]2SC1. The molecule has 3 N–H and O–H groups in total. The second-order valence-electron chi connectivity index (χ2n) is 12.7. The molecule has 264 valence electrons. The highest BCUT2D eigenvalue weighted by molar-refractivity contribution is 8.00. The van der Waals surface area contributed by atoms with Gasteiger partial charge in [-0.15, -0.1) is 29.7 Å². The number of rotatable bonds is 10. The number of nitrogens with one attached hydrogen (secondary N) is 1. The van der Waals surface area contributed by atoms with Gasteiger partial charge < -0.3 is 25.0 Å². The third-order valence-corrected chi connectivity index (χ3v) is 12.0. The lowest BCUT2D eigenvalue weighted by atomic mass is 9.73. The normalized spacial score (nSPS) is 25.8. The molecule has 7 atom stereocenters. The Bertz CT molecular complexity index is 1810. The highest BCUT2D eigenvalue weighted by Crippen LogP contribution is 2.43. The first-order valence-electron chi connectivity index (χ1n) is 16.4. The Hall–Kier alpha value is -4.24. The van der Waals surface area contributed by atoms with Gasteiger partial charge in [0, 0.05) is 47.3 Å². The van der Waals surface area contributed by atoms with Gasteiger partial charge in [-0.1, -0.05) is 12.1 Å². The lowest BCUT2D eigenvalue weighted by molar-refractivity contribution is -0.151. The first-order valence-corrected chi connectivity index (χ1v) is 18.3. The predicted molar refractivity (Wildman–Crippen MR) is 189 cm³/mol. The maximum atomic E-state index is 12.4. The van der Waals surface area contributed by atoms with Gasteiger partial charge in [-0.2, -0.15) is 0 Å². The third kappa shape index (κ3) is 7.29. The Balaban J connectivity index is 0.000000173. The van der Waals surface area contributed by atoms with E-state index in [-0.39, 0.29) is 30.7 Å². The number of aliphatic carboxylic acids is 1. The van der Waals surface area contributed by atoms with Gasteiger partial charge >= 0.3 is 11.9 Å². The Morgan fingerprint density at radius 1 is 1.24 bits per heavy atom. The number of thioether (sulfide) groups is 1. The summed E-state index contributed by atoms with van der Waals surface area (Å²) in [5.74, 6) is -0.220. The van der Waals surface area contributed by atoms with E-state index in [1.54, 1.807) is 13.3 Å². The van der Waals surface area contributed by atoms with E-state index in [9.17, 15) is 29.4 Å². The molecule has 0 saturated carbocycles. The molecular weight excluding hydrogens is 681 g/mol. The molecule has 1 aromatic carbocycles. The summed E-state index contributed by atoms with van der Waals surface area (Å²) in [5.41, 5.74) is 2.05. The Morgan fingerprint density at radius 2 is 2.06 bits per heavy atom. The van der Waals surface area contributed by atoms with E-state index in [0.29, 0.717) is 23.2 Å². The maximum Gasteiger partial charge on any atom is 0.352 e. The van der Waals surface area contributed by atoms with Crippen LogP contribution >= 0.6 is 23.1 Å². The van der Waals surface area contributed by atoms with Crippen LogP contribution in [0.5, 0.6) is 5.75 Å². The highest BCUT2D eigenvalue weighted by atomic mass is 32.2. The minimum Gasteiger partial charge on any atom is -0.497 e. The number of carboxylic acids is 1. The van der Waals surface area contributed by atoms with Gasteiger partial charge in [0.05, 0.1) is 25.2 Å². The van der Waals surface area contributed by atoms with Gasteiger partial charge in [0.15, 0.2) is 0 Å². The first-order chi connectivity index (χ1) is 24.1. The fourth-order valence-electron chi connectivity index (χ4n) is 7.22. The van der Waals surface area contributed by atoms with Gasteiger partial charge in [0.2, 0.25) is 5.91 Å². The van der Waals surface area contributed by atoms with Crippen molar-refractivity contribution in [2.75, 3.05) is 32.6 Å². The summed E-state index contributed by atoms with van der Waals surface area (Å²) in [7, 11) is 1.66. The van der Waals surface area contributed by atoms with E-state index < -0.39 is 35.4 Å². The summed E-state index contributed by atoms with van der Waals surface area (Å²) in [6.07, 6.45) is 5.80. The number of aromatic nitrogens is 1. The van der Waals surface area contributed by atoms with Crippen molar-refractivity contribution in [2.24, 2.45) is 11.8 Å². The van der Waals surface area contributed by atoms with E-state index >= 15 is 0 Å². The molecule has 0 aliphatic carbocycles. The molecule has 12 nitrogen and oxygen atoms in total. The molecule has 50 heavy (non-hydrogen) atoms. The summed E-state index contributed by atoms with van der Waals surface area (Å²) in [6, 6.07) is 10.9. The number of carbonyl (C=O) groups is 4. The number of aliphatic hydroxyl groups excluding tert-OH is 1. The number of fused-ring (bicyclic) bond motifs is 5. The quantitative estimate of drug-likeness (QED) is 0.159. The van der Waals surface area contributed by atoms with E-state index in [1.807, 2.05) is 41.8 Å². The van der Waals surface area contributed by atoms with Crippen molar-refractivity contribution in [3.63, 3.8) is 0 Å². The molecule has 2 amide bonds. The summed E-state index contributed by atoms with van der Waals surface area (Å²) >= 11 is 2.79. The van der Waals surface area contributed by atoms with Crippen LogP contribution in [0.3, 0.4) is 0 Å². The van der Waals surface area contributed by atoms with E-state index in [2.05, 4.69) is 27.9 Å². The molecular formula is C36H40N4O8S2. The Kier molecular flexibility index (Phi) is 10.9. The number of benzene rings is 1. The van der Waals surface area contributed by atoms with Gasteiger partial charge in [-0.3, -0.25) is 29.2 Å². The number of aliphatic hydroxyl groups is 1. The van der Waals surface area contributed by atoms with E-state index in [0.717, 1.165) is 51.5 Å². The summed E-state index contributed by atoms with van der Waals surface area (Å²) in [6.45, 7) is 7.13. The Labute approximate surface area is 298 Å². The van der Waals surface area contributed by atoms with Gasteiger partial charge in [0.25, 0.3) is 5.91 Å². The molecule has 2 bridgehead atoms. The number of pyridine rings is 1. The number of piperidine rings is 3. The molecule has 0 unspecified atom stereocenters. The van der Waals surface area contributed by atoms with Crippen molar-refractivity contribution in [2.45, 2.75) is 49.7 Å². The molecule has 0 spiro atoms. The molecule has 8 rings (SSSR count). The largest absolute Gasteiger partial charge is 0.497 e. The number of hydrogen-bond acceptors (Lipinski definition) is 11. The second kappa shape index (κ2) is 15.3. The molecule has 14 heteroatoms. The lowest BCUT2D eigenvalue weighted by Crippen LogP contribution is -2.70. The first kappa shape index (κ1) is 35.6. The summed E-state index contributed by atoms with van der Waals surface area (Å²) < 4.78 is 10.2. The highest BCUT2D eigenvalue weighted by Gasteiger charge is 2.54. The zero-order chi connectivity index (χ0) is 35.5. The van der Waals surface area contributed by atoms with Crippen LogP contribution in [0.1, 0.15) is 36.3 Å². The van der Waals surface area contributed by atoms with Crippen molar-refractivity contribution in [1.29, 1.82) is 0 Å². The Morgan fingerprint density at radius 3 is 2.72 bits per heavy atom. The molecule has 5 aliphatic rings. The summed E-state index contributed by atoms with van der Waals surface area (Å²) in [5, 5.41) is 25.7. The number of β-lactam (4-membered cyclic amide) rings is 1. The van der Waals surface area contributed by atoms with Crippen LogP contribution < -0.4 is 10.1 Å². The van der Waals surface area contributed by atoms with Crippen molar-refractivity contribution in [3.05, 3.63) is 82.3 Å². The van der Waals surface area contributed by atoms with Crippen LogP contribution in [0.2, 0.25) is 0 Å². The molecule has 0 radical (unpaired) electrons. The molecule has 4 fully saturated rings. The number of methoxy groups -OCH3 is 1. The number of ether oxygens (including phenoxy) is 2. The summed E-state index contributed by atoms with van der Waals surface area (Å²) in [4.78, 5) is 56.0. The molecule has 5 aliphatic heterocycles. The molecule has 2 aromatic heterocycles. The van der Waals surface area contributed by atoms with Crippen LogP contribution in [0.15, 0.2) is 71.9 Å². The number of thiophene rings is 1. The van der Waals surface area contributed by atoms with Crippen molar-refractivity contribution < 1.29 is 38.9 Å². The fraction of sp³-hybridized carbons (Fsp3) is 0.417.